The van der Waals surface area contributed by atoms with Crippen LogP contribution in [-0.2, 0) is 6.61 Å². The second-order valence-electron chi connectivity index (χ2n) is 9.67. The van der Waals surface area contributed by atoms with Gasteiger partial charge in [-0.2, -0.15) is 5.26 Å². The van der Waals surface area contributed by atoms with Gasteiger partial charge in [0.15, 0.2) is 0 Å². The van der Waals surface area contributed by atoms with E-state index in [1.54, 1.807) is 13.0 Å². The number of ether oxygens (including phenoxy) is 1. The molecule has 1 aliphatic carbocycles. The van der Waals surface area contributed by atoms with Crippen LogP contribution in [0.4, 0.5) is 4.39 Å². The van der Waals surface area contributed by atoms with Crippen LogP contribution in [-0.4, -0.2) is 4.57 Å². The van der Waals surface area contributed by atoms with Gasteiger partial charge in [0.1, 0.15) is 18.2 Å². The van der Waals surface area contributed by atoms with Crippen LogP contribution in [0.2, 0.25) is 0 Å². The minimum Gasteiger partial charge on any atom is -0.489 e. The molecule has 1 saturated carbocycles. The highest BCUT2D eigenvalue weighted by atomic mass is 19.1. The van der Waals surface area contributed by atoms with E-state index in [0.29, 0.717) is 18.1 Å². The first-order chi connectivity index (χ1) is 16.5. The number of halogens is 1. The topological polar surface area (TPSA) is 38.0 Å². The zero-order valence-corrected chi connectivity index (χ0v) is 19.9. The Morgan fingerprint density at radius 2 is 1.82 bits per heavy atom. The third-order valence-electron chi connectivity index (χ3n) is 6.94. The Labute approximate surface area is 200 Å². The number of hydrogen-bond acceptors (Lipinski definition) is 2. The smallest absolute Gasteiger partial charge is 0.126 e. The molecule has 1 fully saturated rings. The molecule has 4 heteroatoms. The Kier molecular flexibility index (Phi) is 5.87. The summed E-state index contributed by atoms with van der Waals surface area (Å²) >= 11 is 0. The van der Waals surface area contributed by atoms with E-state index in [9.17, 15) is 9.65 Å². The van der Waals surface area contributed by atoms with Crippen LogP contribution in [0.3, 0.4) is 0 Å². The van der Waals surface area contributed by atoms with Gasteiger partial charge < -0.3 is 9.30 Å². The molecule has 4 aromatic rings. The average Bonchev–Trinajstić information content (AvgIpc) is 3.14. The molecule has 5 rings (SSSR count). The van der Waals surface area contributed by atoms with Gasteiger partial charge in [0.25, 0.3) is 0 Å². The lowest BCUT2D eigenvalue weighted by molar-refractivity contribution is 0.306. The number of rotatable bonds is 6. The van der Waals surface area contributed by atoms with Gasteiger partial charge in [-0.1, -0.05) is 44.2 Å². The number of nitriles is 1. The SMILES string of the molecule is Cc1cc(-n2c(C(C)C)c([C@H]3C[C@@H](C#N)C3)c3cc(OCc4ccccc4)ccc32)ccc1F. The Morgan fingerprint density at radius 3 is 2.50 bits per heavy atom. The lowest BCUT2D eigenvalue weighted by Gasteiger charge is -2.32. The fraction of sp³-hybridized carbons (Fsp3) is 0.300. The van der Waals surface area contributed by atoms with Crippen LogP contribution in [0.15, 0.2) is 66.7 Å². The molecule has 3 nitrogen and oxygen atoms in total. The van der Waals surface area contributed by atoms with Crippen LogP contribution >= 0.6 is 0 Å². The second-order valence-corrected chi connectivity index (χ2v) is 9.67. The summed E-state index contributed by atoms with van der Waals surface area (Å²) in [6.45, 7) is 6.73. The van der Waals surface area contributed by atoms with Crippen molar-refractivity contribution in [2.45, 2.75) is 52.1 Å². The summed E-state index contributed by atoms with van der Waals surface area (Å²) in [5, 5.41) is 10.6. The minimum atomic E-state index is -0.195. The Balaban J connectivity index is 1.65. The van der Waals surface area contributed by atoms with Crippen molar-refractivity contribution in [1.29, 1.82) is 5.26 Å². The van der Waals surface area contributed by atoms with Crippen molar-refractivity contribution in [2.24, 2.45) is 5.92 Å². The molecule has 172 valence electrons. The van der Waals surface area contributed by atoms with Gasteiger partial charge in [-0.15, -0.1) is 0 Å². The molecule has 0 aliphatic heterocycles. The molecule has 0 unspecified atom stereocenters. The normalized spacial score (nSPS) is 17.5. The molecule has 0 N–H and O–H groups in total. The van der Waals surface area contributed by atoms with Gasteiger partial charge >= 0.3 is 0 Å². The lowest BCUT2D eigenvalue weighted by Crippen LogP contribution is -2.21. The lowest BCUT2D eigenvalue weighted by atomic mass is 9.70. The van der Waals surface area contributed by atoms with Gasteiger partial charge in [-0.25, -0.2) is 4.39 Å². The molecule has 0 bridgehead atoms. The van der Waals surface area contributed by atoms with E-state index >= 15 is 0 Å². The van der Waals surface area contributed by atoms with Gasteiger partial charge in [0.2, 0.25) is 0 Å². The first-order valence-electron chi connectivity index (χ1n) is 12.0. The van der Waals surface area contributed by atoms with Crippen LogP contribution in [0.1, 0.15) is 60.9 Å². The van der Waals surface area contributed by atoms with Crippen LogP contribution < -0.4 is 4.74 Å². The highest BCUT2D eigenvalue weighted by Crippen LogP contribution is 2.49. The van der Waals surface area contributed by atoms with Crippen molar-refractivity contribution in [3.05, 3.63) is 94.9 Å². The maximum atomic E-state index is 14.1. The molecular formula is C30H29FN2O. The molecular weight excluding hydrogens is 423 g/mol. The molecule has 1 heterocycles. The monoisotopic (exact) mass is 452 g/mol. The van der Waals surface area contributed by atoms with Crippen LogP contribution in [0, 0.1) is 30.0 Å². The number of benzene rings is 3. The molecule has 3 aromatic carbocycles. The van der Waals surface area contributed by atoms with Crippen LogP contribution in [0.25, 0.3) is 16.6 Å². The van der Waals surface area contributed by atoms with Crippen molar-refractivity contribution in [1.82, 2.24) is 4.57 Å². The highest BCUT2D eigenvalue weighted by molar-refractivity contribution is 5.89. The zero-order valence-electron chi connectivity index (χ0n) is 19.9. The molecule has 0 saturated heterocycles. The fourth-order valence-corrected chi connectivity index (χ4v) is 5.15. The molecule has 34 heavy (non-hydrogen) atoms. The molecule has 0 spiro atoms. The zero-order chi connectivity index (χ0) is 23.8. The van der Waals surface area contributed by atoms with E-state index in [4.69, 9.17) is 4.74 Å². The summed E-state index contributed by atoms with van der Waals surface area (Å²) in [6, 6.07) is 24.2. The number of fused-ring (bicyclic) bond motifs is 1. The Morgan fingerprint density at radius 1 is 1.06 bits per heavy atom. The molecule has 0 atom stereocenters. The quantitative estimate of drug-likeness (QED) is 0.299. The number of aromatic nitrogens is 1. The van der Waals surface area contributed by atoms with E-state index < -0.39 is 0 Å². The summed E-state index contributed by atoms with van der Waals surface area (Å²) in [6.07, 6.45) is 1.76. The standard InChI is InChI=1S/C30H29FN2O/c1-19(2)30-29(23-14-22(15-23)17-32)26-16-25(34-18-21-7-5-4-6-8-21)10-12-28(26)33(30)24-9-11-27(31)20(3)13-24/h4-13,16,19,22-23H,14-15,18H2,1-3H3/t22-,23+. The summed E-state index contributed by atoms with van der Waals surface area (Å²) in [5.41, 5.74) is 6.36. The van der Waals surface area contributed by atoms with Gasteiger partial charge in [0, 0.05) is 22.7 Å². The minimum absolute atomic E-state index is 0.119. The molecule has 1 aliphatic rings. The van der Waals surface area contributed by atoms with E-state index in [1.165, 1.54) is 11.3 Å². The summed E-state index contributed by atoms with van der Waals surface area (Å²) in [5.74, 6) is 1.36. The number of nitrogens with zero attached hydrogens (tertiary/aromatic N) is 2. The predicted molar refractivity (Wildman–Crippen MR) is 134 cm³/mol. The van der Waals surface area contributed by atoms with Gasteiger partial charge in [-0.3, -0.25) is 0 Å². The summed E-state index contributed by atoms with van der Waals surface area (Å²) in [4.78, 5) is 0. The fourth-order valence-electron chi connectivity index (χ4n) is 5.15. The number of aryl methyl sites for hydroxylation is 1. The Hall–Kier alpha value is -3.58. The average molecular weight is 453 g/mol. The Bertz CT molecular complexity index is 1370. The number of hydrogen-bond donors (Lipinski definition) is 0. The molecule has 1 aromatic heterocycles. The van der Waals surface area contributed by atoms with E-state index in [1.807, 2.05) is 36.4 Å². The van der Waals surface area contributed by atoms with Gasteiger partial charge in [0.05, 0.1) is 11.6 Å². The van der Waals surface area contributed by atoms with E-state index in [2.05, 4.69) is 48.7 Å². The third-order valence-corrected chi connectivity index (χ3v) is 6.94. The van der Waals surface area contributed by atoms with Gasteiger partial charge in [-0.05, 0) is 84.7 Å². The summed E-state index contributed by atoms with van der Waals surface area (Å²) < 4.78 is 22.5. The molecule has 0 amide bonds. The maximum Gasteiger partial charge on any atom is 0.126 e. The first-order valence-corrected chi connectivity index (χ1v) is 12.0. The first kappa shape index (κ1) is 22.2. The van der Waals surface area contributed by atoms with Crippen molar-refractivity contribution in [3.8, 4) is 17.5 Å². The highest BCUT2D eigenvalue weighted by Gasteiger charge is 2.35. The third kappa shape index (κ3) is 3.96. The second kappa shape index (κ2) is 8.99. The van der Waals surface area contributed by atoms with Crippen molar-refractivity contribution < 1.29 is 9.13 Å². The predicted octanol–water partition coefficient (Wildman–Crippen LogP) is 7.80. The van der Waals surface area contributed by atoms with Crippen LogP contribution in [0.5, 0.6) is 5.75 Å². The van der Waals surface area contributed by atoms with Crippen molar-refractivity contribution >= 4 is 10.9 Å². The van der Waals surface area contributed by atoms with Crippen molar-refractivity contribution in [2.75, 3.05) is 0 Å². The van der Waals surface area contributed by atoms with E-state index in [-0.39, 0.29) is 17.7 Å². The largest absolute Gasteiger partial charge is 0.489 e. The molecule has 0 radical (unpaired) electrons. The summed E-state index contributed by atoms with van der Waals surface area (Å²) in [7, 11) is 0. The maximum absolute atomic E-state index is 14.1. The van der Waals surface area contributed by atoms with E-state index in [0.717, 1.165) is 40.7 Å². The van der Waals surface area contributed by atoms with Crippen molar-refractivity contribution in [3.63, 3.8) is 0 Å².